The number of rotatable bonds is 1. The highest BCUT2D eigenvalue weighted by atomic mass is 35.5. The van der Waals surface area contributed by atoms with Gasteiger partial charge < -0.3 is 4.74 Å². The van der Waals surface area contributed by atoms with Gasteiger partial charge in [-0.1, -0.05) is 0 Å². The van der Waals surface area contributed by atoms with E-state index in [1.165, 1.54) is 0 Å². The van der Waals surface area contributed by atoms with Crippen molar-refractivity contribution in [3.63, 3.8) is 0 Å². The molecule has 2 nitrogen and oxygen atoms in total. The topological polar surface area (TPSA) is 26.3 Å². The lowest BCUT2D eigenvalue weighted by Gasteiger charge is -1.95. The second kappa shape index (κ2) is 2.80. The van der Waals surface area contributed by atoms with Gasteiger partial charge >= 0.3 is 5.43 Å². The number of hydrogen-bond donors (Lipinski definition) is 0. The number of halogens is 2. The van der Waals surface area contributed by atoms with Crippen LogP contribution in [0, 0.1) is 0 Å². The van der Waals surface area contributed by atoms with Gasteiger partial charge in [-0.05, 0) is 0 Å². The van der Waals surface area contributed by atoms with Gasteiger partial charge in [-0.2, -0.15) is 0 Å². The molecule has 0 aliphatic carbocycles. The molecule has 0 bridgehead atoms. The minimum absolute atomic E-state index is 1.07. The minimum atomic E-state index is -1.61. The first-order valence-corrected chi connectivity index (χ1v) is 2.01. The summed E-state index contributed by atoms with van der Waals surface area (Å²) in [5.41, 5.74) is -1.12. The van der Waals surface area contributed by atoms with Crippen LogP contribution in [0.5, 0.6) is 0 Å². The van der Waals surface area contributed by atoms with E-state index in [0.717, 1.165) is 6.92 Å². The lowest BCUT2D eigenvalue weighted by molar-refractivity contribution is 0.0439. The van der Waals surface area contributed by atoms with Crippen molar-refractivity contribution in [2.24, 2.45) is 0 Å². The zero-order valence-electron chi connectivity index (χ0n) is 3.65. The molecule has 0 aromatic heterocycles. The van der Waals surface area contributed by atoms with Crippen molar-refractivity contribution in [2.45, 2.75) is 13.3 Å². The molecule has 0 radical (unpaired) electrons. The monoisotopic (exact) mass is 126 g/mol. The number of ether oxygens (including phenoxy) is 1. The van der Waals surface area contributed by atoms with Gasteiger partial charge in [0.2, 0.25) is 6.36 Å². The summed E-state index contributed by atoms with van der Waals surface area (Å²) in [4.78, 5) is 9.56. The molecule has 0 heterocycles. The molecule has 0 aromatic carbocycles. The van der Waals surface area contributed by atoms with Gasteiger partial charge in [0.1, 0.15) is 0 Å². The van der Waals surface area contributed by atoms with Crippen LogP contribution in [0.3, 0.4) is 0 Å². The maximum absolute atomic E-state index is 11.4. The fourth-order valence-corrected chi connectivity index (χ4v) is 0.250. The smallest absolute Gasteiger partial charge is 0.406 e. The maximum atomic E-state index is 11.4. The van der Waals surface area contributed by atoms with E-state index in [4.69, 9.17) is 0 Å². The molecule has 0 spiro atoms. The van der Waals surface area contributed by atoms with Crippen molar-refractivity contribution in [3.8, 4) is 0 Å². The van der Waals surface area contributed by atoms with Crippen molar-refractivity contribution in [1.29, 1.82) is 0 Å². The predicted octanol–water partition coefficient (Wildman–Crippen LogP) is 1.68. The van der Waals surface area contributed by atoms with Crippen LogP contribution in [-0.2, 0) is 4.74 Å². The van der Waals surface area contributed by atoms with Crippen molar-refractivity contribution >= 4 is 17.0 Å². The lowest BCUT2D eigenvalue weighted by atomic mass is 10.8. The highest BCUT2D eigenvalue weighted by Gasteiger charge is 2.00. The highest BCUT2D eigenvalue weighted by Crippen LogP contribution is 1.94. The molecule has 0 fully saturated rings. The van der Waals surface area contributed by atoms with Crippen molar-refractivity contribution in [3.05, 3.63) is 0 Å². The maximum Gasteiger partial charge on any atom is 0.406 e. The number of alkyl halides is 1. The summed E-state index contributed by atoms with van der Waals surface area (Å²) in [7, 11) is 0. The van der Waals surface area contributed by atoms with Crippen molar-refractivity contribution < 1.29 is 13.9 Å². The zero-order chi connectivity index (χ0) is 5.86. The van der Waals surface area contributed by atoms with Crippen LogP contribution >= 0.6 is 11.6 Å². The van der Waals surface area contributed by atoms with E-state index < -0.39 is 11.8 Å². The van der Waals surface area contributed by atoms with E-state index in [1.807, 2.05) is 0 Å². The average Bonchev–Trinajstić information content (AvgIpc) is 1.27. The Hall–Kier alpha value is -0.310. The molecule has 0 aromatic rings. The van der Waals surface area contributed by atoms with Gasteiger partial charge in [0.15, 0.2) is 0 Å². The van der Waals surface area contributed by atoms with Crippen LogP contribution in [0.1, 0.15) is 6.92 Å². The van der Waals surface area contributed by atoms with Gasteiger partial charge in [-0.3, -0.25) is 0 Å². The number of carbonyl (C=O) groups excluding carboxylic acids is 1. The van der Waals surface area contributed by atoms with Crippen LogP contribution in [0.2, 0.25) is 0 Å². The van der Waals surface area contributed by atoms with Crippen LogP contribution in [-0.4, -0.2) is 11.8 Å². The third kappa shape index (κ3) is 5.69. The van der Waals surface area contributed by atoms with Crippen LogP contribution < -0.4 is 0 Å². The predicted molar refractivity (Wildman–Crippen MR) is 22.9 cm³/mol. The zero-order valence-corrected chi connectivity index (χ0v) is 4.41. The second-order valence-corrected chi connectivity index (χ2v) is 1.21. The first kappa shape index (κ1) is 6.69. The van der Waals surface area contributed by atoms with E-state index in [2.05, 4.69) is 16.3 Å². The largest absolute Gasteiger partial charge is 0.419 e. The normalized spacial score (nSPS) is 13.0. The third-order valence-electron chi connectivity index (χ3n) is 0.255. The van der Waals surface area contributed by atoms with Gasteiger partial charge in [0.05, 0.1) is 0 Å². The summed E-state index contributed by atoms with van der Waals surface area (Å²) >= 11 is 4.57. The van der Waals surface area contributed by atoms with Crippen LogP contribution in [0.15, 0.2) is 0 Å². The highest BCUT2D eigenvalue weighted by molar-refractivity contribution is 6.61. The van der Waals surface area contributed by atoms with Crippen molar-refractivity contribution in [1.82, 2.24) is 0 Å². The molecule has 1 unspecified atom stereocenters. The van der Waals surface area contributed by atoms with Gasteiger partial charge in [0.25, 0.3) is 0 Å². The molecule has 0 saturated heterocycles. The van der Waals surface area contributed by atoms with Gasteiger partial charge in [0, 0.05) is 18.5 Å². The second-order valence-electron chi connectivity index (χ2n) is 0.898. The molecule has 0 aliphatic heterocycles. The molecule has 42 valence electrons. The molecule has 0 amide bonds. The molecule has 0 saturated carbocycles. The van der Waals surface area contributed by atoms with Crippen LogP contribution in [0.4, 0.5) is 9.18 Å². The molecular weight excluding hydrogens is 122 g/mol. The summed E-state index contributed by atoms with van der Waals surface area (Å²) in [6.07, 6.45) is -1.61. The first-order chi connectivity index (χ1) is 3.13. The molecule has 4 heteroatoms. The fraction of sp³-hybridized carbons (Fsp3) is 0.667. The van der Waals surface area contributed by atoms with E-state index in [-0.39, 0.29) is 0 Å². The quantitative estimate of drug-likeness (QED) is 0.500. The third-order valence-corrected chi connectivity index (χ3v) is 0.344. The molecule has 0 N–H and O–H groups in total. The average molecular weight is 127 g/mol. The minimum Gasteiger partial charge on any atom is -0.419 e. The number of hydrogen-bond acceptors (Lipinski definition) is 2. The SMILES string of the molecule is CC(F)OC(=O)Cl. The summed E-state index contributed by atoms with van der Waals surface area (Å²) in [6.45, 7) is 1.07. The Bertz CT molecular complexity index is 73.3. The van der Waals surface area contributed by atoms with Gasteiger partial charge in [-0.25, -0.2) is 9.18 Å². The Morgan fingerprint density at radius 3 is 2.43 bits per heavy atom. The Morgan fingerprint density at radius 1 is 2.00 bits per heavy atom. The fourth-order valence-electron chi connectivity index (χ4n) is 0.128. The summed E-state index contributed by atoms with van der Waals surface area (Å²) < 4.78 is 15.1. The molecule has 0 rings (SSSR count). The standard InChI is InChI=1S/C3H4ClFO2/c1-2(5)7-3(4)6/h2H,1H3. The molecular formula is C3H4ClFO2. The van der Waals surface area contributed by atoms with Gasteiger partial charge in [-0.15, -0.1) is 0 Å². The molecule has 7 heavy (non-hydrogen) atoms. The Labute approximate surface area is 45.2 Å². The Morgan fingerprint density at radius 2 is 2.43 bits per heavy atom. The van der Waals surface area contributed by atoms with E-state index >= 15 is 0 Å². The summed E-state index contributed by atoms with van der Waals surface area (Å²) in [6, 6.07) is 0. The van der Waals surface area contributed by atoms with E-state index in [9.17, 15) is 9.18 Å². The molecule has 1 atom stereocenters. The lowest BCUT2D eigenvalue weighted by Crippen LogP contribution is -2.01. The van der Waals surface area contributed by atoms with E-state index in [0.29, 0.717) is 0 Å². The van der Waals surface area contributed by atoms with E-state index in [1.54, 1.807) is 0 Å². The number of carbonyl (C=O) groups is 1. The summed E-state index contributed by atoms with van der Waals surface area (Å²) in [5, 5.41) is 0. The molecule has 0 aliphatic rings. The Kier molecular flexibility index (Phi) is 2.67. The van der Waals surface area contributed by atoms with Crippen LogP contribution in [0.25, 0.3) is 0 Å². The first-order valence-electron chi connectivity index (χ1n) is 1.63. The Balaban J connectivity index is 3.13. The van der Waals surface area contributed by atoms with Crippen molar-refractivity contribution in [2.75, 3.05) is 0 Å². The summed E-state index contributed by atoms with van der Waals surface area (Å²) in [5.74, 6) is 0.